The van der Waals surface area contributed by atoms with Crippen LogP contribution >= 0.6 is 0 Å². The average molecular weight is 165 g/mol. The molecule has 3 heteroatoms. The standard InChI is InChI=1S/C9H11NO2/c10-6-9(3-8(11)4-9)7-1-2-12-5-7/h7H,1-5H2. The molecule has 0 aromatic rings. The smallest absolute Gasteiger partial charge is 0.136 e. The van der Waals surface area contributed by atoms with Crippen molar-refractivity contribution in [3.05, 3.63) is 0 Å². The number of carbonyl (C=O) groups excluding carboxylic acids is 1. The van der Waals surface area contributed by atoms with Crippen LogP contribution in [-0.4, -0.2) is 19.0 Å². The molecule has 64 valence electrons. The largest absolute Gasteiger partial charge is 0.381 e. The van der Waals surface area contributed by atoms with E-state index in [2.05, 4.69) is 6.07 Å². The summed E-state index contributed by atoms with van der Waals surface area (Å²) in [5.41, 5.74) is -0.354. The molecule has 2 rings (SSSR count). The topological polar surface area (TPSA) is 50.1 Å². The first kappa shape index (κ1) is 7.75. The maximum Gasteiger partial charge on any atom is 0.136 e. The zero-order valence-corrected chi connectivity index (χ0v) is 6.88. The second kappa shape index (κ2) is 2.56. The monoisotopic (exact) mass is 165 g/mol. The van der Waals surface area contributed by atoms with Gasteiger partial charge in [0.1, 0.15) is 5.78 Å². The molecule has 0 amide bonds. The maximum atomic E-state index is 10.8. The van der Waals surface area contributed by atoms with Crippen LogP contribution in [0.15, 0.2) is 0 Å². The van der Waals surface area contributed by atoms with E-state index in [1.807, 2.05) is 0 Å². The number of rotatable bonds is 1. The summed E-state index contributed by atoms with van der Waals surface area (Å²) in [6, 6.07) is 2.29. The van der Waals surface area contributed by atoms with Gasteiger partial charge in [0.15, 0.2) is 0 Å². The number of hydrogen-bond donors (Lipinski definition) is 0. The van der Waals surface area contributed by atoms with Gasteiger partial charge in [0.05, 0.1) is 18.1 Å². The summed E-state index contributed by atoms with van der Waals surface area (Å²) in [7, 11) is 0. The lowest BCUT2D eigenvalue weighted by molar-refractivity contribution is -0.132. The molecule has 12 heavy (non-hydrogen) atoms. The Morgan fingerprint density at radius 1 is 1.58 bits per heavy atom. The summed E-state index contributed by atoms with van der Waals surface area (Å²) >= 11 is 0. The van der Waals surface area contributed by atoms with Gasteiger partial charge in [-0.25, -0.2) is 0 Å². The first-order valence-electron chi connectivity index (χ1n) is 4.27. The molecule has 2 fully saturated rings. The number of Topliss-reactive ketones (excluding diaryl/α,β-unsaturated/α-hetero) is 1. The molecule has 0 aromatic heterocycles. The van der Waals surface area contributed by atoms with Gasteiger partial charge in [-0.15, -0.1) is 0 Å². The molecule has 1 atom stereocenters. The average Bonchev–Trinajstić information content (AvgIpc) is 2.50. The fourth-order valence-electron chi connectivity index (χ4n) is 2.08. The fourth-order valence-corrected chi connectivity index (χ4v) is 2.08. The summed E-state index contributed by atoms with van der Waals surface area (Å²) in [5, 5.41) is 8.96. The zero-order valence-electron chi connectivity index (χ0n) is 6.88. The van der Waals surface area contributed by atoms with Gasteiger partial charge in [0.25, 0.3) is 0 Å². The molecule has 1 aliphatic carbocycles. The molecule has 1 saturated heterocycles. The molecule has 0 bridgehead atoms. The number of nitriles is 1. The second-order valence-corrected chi connectivity index (χ2v) is 3.72. The first-order chi connectivity index (χ1) is 5.77. The molecular weight excluding hydrogens is 154 g/mol. The van der Waals surface area contributed by atoms with Crippen LogP contribution in [0.4, 0.5) is 0 Å². The number of hydrogen-bond acceptors (Lipinski definition) is 3. The molecule has 0 spiro atoms. The lowest BCUT2D eigenvalue weighted by Crippen LogP contribution is -2.42. The molecule has 1 saturated carbocycles. The van der Waals surface area contributed by atoms with Crippen LogP contribution in [0.1, 0.15) is 19.3 Å². The first-order valence-corrected chi connectivity index (χ1v) is 4.27. The molecule has 1 heterocycles. The highest BCUT2D eigenvalue weighted by Gasteiger charge is 2.50. The van der Waals surface area contributed by atoms with Gasteiger partial charge >= 0.3 is 0 Å². The lowest BCUT2D eigenvalue weighted by Gasteiger charge is -2.38. The van der Waals surface area contributed by atoms with Crippen LogP contribution in [0.5, 0.6) is 0 Å². The highest BCUT2D eigenvalue weighted by atomic mass is 16.5. The van der Waals surface area contributed by atoms with Gasteiger partial charge in [-0.2, -0.15) is 5.26 Å². The van der Waals surface area contributed by atoms with E-state index in [4.69, 9.17) is 10.00 Å². The highest BCUT2D eigenvalue weighted by molar-refractivity contribution is 5.87. The second-order valence-electron chi connectivity index (χ2n) is 3.72. The van der Waals surface area contributed by atoms with E-state index in [1.54, 1.807) is 0 Å². The minimum Gasteiger partial charge on any atom is -0.381 e. The van der Waals surface area contributed by atoms with Crippen molar-refractivity contribution in [2.75, 3.05) is 13.2 Å². The number of nitrogens with zero attached hydrogens (tertiary/aromatic N) is 1. The Kier molecular flexibility index (Phi) is 1.66. The van der Waals surface area contributed by atoms with Crippen molar-refractivity contribution in [2.45, 2.75) is 19.3 Å². The summed E-state index contributed by atoms with van der Waals surface area (Å²) in [5.74, 6) is 0.531. The van der Waals surface area contributed by atoms with Gasteiger partial charge in [-0.3, -0.25) is 4.79 Å². The number of carbonyl (C=O) groups is 1. The Bertz CT molecular complexity index is 240. The highest BCUT2D eigenvalue weighted by Crippen LogP contribution is 2.47. The maximum absolute atomic E-state index is 10.8. The molecule has 0 radical (unpaired) electrons. The Hall–Kier alpha value is -0.880. The third-order valence-corrected chi connectivity index (χ3v) is 2.96. The van der Waals surface area contributed by atoms with Crippen molar-refractivity contribution in [3.8, 4) is 6.07 Å². The Morgan fingerprint density at radius 3 is 2.75 bits per heavy atom. The van der Waals surface area contributed by atoms with Crippen LogP contribution < -0.4 is 0 Å². The molecule has 1 unspecified atom stereocenters. The summed E-state index contributed by atoms with van der Waals surface area (Å²) in [6.45, 7) is 1.42. The van der Waals surface area contributed by atoms with E-state index in [9.17, 15) is 4.79 Å². The molecule has 0 N–H and O–H groups in total. The minimum atomic E-state index is -0.354. The quantitative estimate of drug-likeness (QED) is 0.580. The van der Waals surface area contributed by atoms with Crippen molar-refractivity contribution >= 4 is 5.78 Å². The van der Waals surface area contributed by atoms with Crippen LogP contribution in [0.25, 0.3) is 0 Å². The van der Waals surface area contributed by atoms with E-state index in [0.29, 0.717) is 25.4 Å². The lowest BCUT2D eigenvalue weighted by atomic mass is 9.61. The van der Waals surface area contributed by atoms with Crippen molar-refractivity contribution in [1.82, 2.24) is 0 Å². The summed E-state index contributed by atoms with van der Waals surface area (Å²) < 4.78 is 5.21. The fraction of sp³-hybridized carbons (Fsp3) is 0.778. The van der Waals surface area contributed by atoms with Crippen LogP contribution in [0.3, 0.4) is 0 Å². The van der Waals surface area contributed by atoms with E-state index in [0.717, 1.165) is 13.0 Å². The van der Waals surface area contributed by atoms with Gasteiger partial charge in [-0.05, 0) is 6.42 Å². The van der Waals surface area contributed by atoms with E-state index >= 15 is 0 Å². The summed E-state index contributed by atoms with van der Waals surface area (Å²) in [6.07, 6.45) is 1.86. The predicted octanol–water partition coefficient (Wildman–Crippen LogP) is 0.896. The van der Waals surface area contributed by atoms with Crippen molar-refractivity contribution in [1.29, 1.82) is 5.26 Å². The summed E-state index contributed by atoms with van der Waals surface area (Å²) in [4.78, 5) is 10.8. The van der Waals surface area contributed by atoms with E-state index in [-0.39, 0.29) is 11.2 Å². The minimum absolute atomic E-state index is 0.225. The third-order valence-electron chi connectivity index (χ3n) is 2.96. The van der Waals surface area contributed by atoms with Gasteiger partial charge < -0.3 is 4.74 Å². The van der Waals surface area contributed by atoms with Crippen LogP contribution in [0.2, 0.25) is 0 Å². The van der Waals surface area contributed by atoms with Crippen LogP contribution in [0, 0.1) is 22.7 Å². The number of ketones is 1. The molecule has 1 aliphatic heterocycles. The normalized spacial score (nSPS) is 32.6. The molecular formula is C9H11NO2. The molecule has 0 aromatic carbocycles. The Morgan fingerprint density at radius 2 is 2.33 bits per heavy atom. The van der Waals surface area contributed by atoms with Crippen molar-refractivity contribution in [3.63, 3.8) is 0 Å². The van der Waals surface area contributed by atoms with Gasteiger partial charge in [0.2, 0.25) is 0 Å². The predicted molar refractivity (Wildman–Crippen MR) is 41.2 cm³/mol. The van der Waals surface area contributed by atoms with E-state index < -0.39 is 0 Å². The molecule has 2 aliphatic rings. The van der Waals surface area contributed by atoms with Gasteiger partial charge in [-0.1, -0.05) is 0 Å². The SMILES string of the molecule is N#CC1(C2CCOC2)CC(=O)C1. The van der Waals surface area contributed by atoms with Gasteiger partial charge in [0, 0.05) is 25.4 Å². The van der Waals surface area contributed by atoms with Crippen molar-refractivity contribution in [2.24, 2.45) is 11.3 Å². The van der Waals surface area contributed by atoms with Crippen LogP contribution in [-0.2, 0) is 9.53 Å². The Labute approximate surface area is 71.3 Å². The third kappa shape index (κ3) is 0.953. The van der Waals surface area contributed by atoms with E-state index in [1.165, 1.54) is 0 Å². The number of ether oxygens (including phenoxy) is 1. The zero-order chi connectivity index (χ0) is 8.60. The Balaban J connectivity index is 2.09. The molecule has 3 nitrogen and oxygen atoms in total. The van der Waals surface area contributed by atoms with Crippen molar-refractivity contribution < 1.29 is 9.53 Å².